The molecule has 12 heavy (non-hydrogen) atoms. The van der Waals surface area contributed by atoms with Crippen LogP contribution in [0.4, 0.5) is 0 Å². The van der Waals surface area contributed by atoms with Gasteiger partial charge in [-0.2, -0.15) is 0 Å². The Morgan fingerprint density at radius 3 is 2.92 bits per heavy atom. The van der Waals surface area contributed by atoms with Crippen LogP contribution >= 0.6 is 0 Å². The Balaban J connectivity index is 2.17. The topological polar surface area (TPSA) is 66.4 Å². The van der Waals surface area contributed by atoms with E-state index in [2.05, 4.69) is 5.32 Å². The van der Waals surface area contributed by atoms with Crippen LogP contribution in [-0.2, 0) is 9.59 Å². The van der Waals surface area contributed by atoms with Gasteiger partial charge in [0.1, 0.15) is 0 Å². The number of piperidine rings is 1. The summed E-state index contributed by atoms with van der Waals surface area (Å²) >= 11 is 0. The van der Waals surface area contributed by atoms with Crippen LogP contribution in [0.5, 0.6) is 0 Å². The second-order valence-corrected chi connectivity index (χ2v) is 3.14. The van der Waals surface area contributed by atoms with E-state index >= 15 is 0 Å². The average molecular weight is 171 g/mol. The van der Waals surface area contributed by atoms with Crippen molar-refractivity contribution >= 4 is 11.9 Å². The number of amides is 1. The first-order chi connectivity index (χ1) is 5.68. The van der Waals surface area contributed by atoms with Crippen molar-refractivity contribution in [3.8, 4) is 0 Å². The van der Waals surface area contributed by atoms with E-state index in [0.29, 0.717) is 25.3 Å². The number of aliphatic carboxylic acids is 1. The minimum Gasteiger partial charge on any atom is -0.481 e. The zero-order valence-corrected chi connectivity index (χ0v) is 6.88. The molecule has 1 amide bonds. The summed E-state index contributed by atoms with van der Waals surface area (Å²) in [5, 5.41) is 11.1. The molecule has 0 spiro atoms. The Labute approximate surface area is 71.0 Å². The van der Waals surface area contributed by atoms with Gasteiger partial charge in [0.15, 0.2) is 0 Å². The van der Waals surface area contributed by atoms with E-state index in [1.165, 1.54) is 0 Å². The molecule has 1 heterocycles. The zero-order valence-electron chi connectivity index (χ0n) is 6.88. The van der Waals surface area contributed by atoms with Gasteiger partial charge in [0, 0.05) is 19.4 Å². The van der Waals surface area contributed by atoms with E-state index < -0.39 is 5.97 Å². The summed E-state index contributed by atoms with van der Waals surface area (Å²) in [5.74, 6) is -0.313. The Morgan fingerprint density at radius 2 is 2.42 bits per heavy atom. The largest absolute Gasteiger partial charge is 0.481 e. The number of carboxylic acids is 1. The summed E-state index contributed by atoms with van der Waals surface area (Å²) in [7, 11) is 0. The maximum atomic E-state index is 10.7. The van der Waals surface area contributed by atoms with Crippen molar-refractivity contribution in [3.05, 3.63) is 0 Å². The van der Waals surface area contributed by atoms with Crippen LogP contribution in [-0.4, -0.2) is 23.5 Å². The van der Waals surface area contributed by atoms with Crippen LogP contribution in [0.2, 0.25) is 0 Å². The molecule has 0 aromatic heterocycles. The molecule has 0 unspecified atom stereocenters. The van der Waals surface area contributed by atoms with Crippen LogP contribution in [0.1, 0.15) is 25.7 Å². The van der Waals surface area contributed by atoms with E-state index in [4.69, 9.17) is 5.11 Å². The highest BCUT2D eigenvalue weighted by atomic mass is 16.4. The molecule has 1 rings (SSSR count). The van der Waals surface area contributed by atoms with Gasteiger partial charge in [0.2, 0.25) is 5.91 Å². The van der Waals surface area contributed by atoms with Crippen LogP contribution < -0.4 is 5.32 Å². The first-order valence-corrected chi connectivity index (χ1v) is 4.17. The third-order valence-electron chi connectivity index (χ3n) is 2.13. The lowest BCUT2D eigenvalue weighted by Crippen LogP contribution is -2.34. The predicted molar refractivity (Wildman–Crippen MR) is 42.6 cm³/mol. The molecule has 0 bridgehead atoms. The number of carbonyl (C=O) groups excluding carboxylic acids is 1. The van der Waals surface area contributed by atoms with Crippen LogP contribution in [0.15, 0.2) is 0 Å². The molecule has 1 aliphatic heterocycles. The SMILES string of the molecule is O=C(O)CC[C@H]1CCC(=O)NC1. The first kappa shape index (κ1) is 9.03. The molecule has 0 radical (unpaired) electrons. The monoisotopic (exact) mass is 171 g/mol. The van der Waals surface area contributed by atoms with Crippen LogP contribution in [0, 0.1) is 5.92 Å². The van der Waals surface area contributed by atoms with Crippen molar-refractivity contribution in [2.24, 2.45) is 5.92 Å². The molecule has 1 atom stereocenters. The van der Waals surface area contributed by atoms with E-state index in [1.807, 2.05) is 0 Å². The Bertz CT molecular complexity index is 181. The smallest absolute Gasteiger partial charge is 0.303 e. The van der Waals surface area contributed by atoms with Crippen molar-refractivity contribution in [1.29, 1.82) is 0 Å². The summed E-state index contributed by atoms with van der Waals surface area (Å²) in [4.78, 5) is 20.9. The van der Waals surface area contributed by atoms with Gasteiger partial charge in [-0.1, -0.05) is 0 Å². The highest BCUT2D eigenvalue weighted by Gasteiger charge is 2.18. The van der Waals surface area contributed by atoms with Gasteiger partial charge in [-0.15, -0.1) is 0 Å². The van der Waals surface area contributed by atoms with Gasteiger partial charge in [0.05, 0.1) is 0 Å². The molecule has 2 N–H and O–H groups in total. The number of carbonyl (C=O) groups is 2. The number of nitrogens with one attached hydrogen (secondary N) is 1. The fourth-order valence-electron chi connectivity index (χ4n) is 1.36. The summed E-state index contributed by atoms with van der Waals surface area (Å²) < 4.78 is 0. The molecule has 0 aromatic carbocycles. The van der Waals surface area contributed by atoms with Crippen molar-refractivity contribution < 1.29 is 14.7 Å². The van der Waals surface area contributed by atoms with Gasteiger partial charge >= 0.3 is 5.97 Å². The molecular formula is C8H13NO3. The first-order valence-electron chi connectivity index (χ1n) is 4.17. The summed E-state index contributed by atoms with van der Waals surface area (Å²) in [6.07, 6.45) is 2.26. The Morgan fingerprint density at radius 1 is 1.67 bits per heavy atom. The van der Waals surface area contributed by atoms with E-state index in [1.54, 1.807) is 0 Å². The summed E-state index contributed by atoms with van der Waals surface area (Å²) in [6.45, 7) is 0.645. The lowest BCUT2D eigenvalue weighted by Gasteiger charge is -2.21. The number of rotatable bonds is 3. The summed E-state index contributed by atoms with van der Waals surface area (Å²) in [6, 6.07) is 0. The van der Waals surface area contributed by atoms with E-state index in [0.717, 1.165) is 6.42 Å². The highest BCUT2D eigenvalue weighted by molar-refractivity contribution is 5.76. The fourth-order valence-corrected chi connectivity index (χ4v) is 1.36. The maximum Gasteiger partial charge on any atom is 0.303 e. The van der Waals surface area contributed by atoms with Crippen LogP contribution in [0.3, 0.4) is 0 Å². The molecule has 0 aromatic rings. The lowest BCUT2D eigenvalue weighted by molar-refractivity contribution is -0.137. The fraction of sp³-hybridized carbons (Fsp3) is 0.750. The van der Waals surface area contributed by atoms with Crippen LogP contribution in [0.25, 0.3) is 0 Å². The third kappa shape index (κ3) is 2.90. The number of carboxylic acid groups (broad SMARTS) is 1. The quantitative estimate of drug-likeness (QED) is 0.645. The van der Waals surface area contributed by atoms with Crippen molar-refractivity contribution in [2.75, 3.05) is 6.54 Å². The normalized spacial score (nSPS) is 23.3. The number of hydrogen-bond acceptors (Lipinski definition) is 2. The standard InChI is InChI=1S/C8H13NO3/c10-7-3-1-6(5-9-7)2-4-8(11)12/h6H,1-5H2,(H,9,10)(H,11,12)/t6-/m1/s1. The maximum absolute atomic E-state index is 10.7. The van der Waals surface area contributed by atoms with Crippen molar-refractivity contribution in [2.45, 2.75) is 25.7 Å². The van der Waals surface area contributed by atoms with E-state index in [-0.39, 0.29) is 12.3 Å². The average Bonchev–Trinajstić information content (AvgIpc) is 2.03. The molecule has 4 nitrogen and oxygen atoms in total. The van der Waals surface area contributed by atoms with Gasteiger partial charge in [-0.3, -0.25) is 9.59 Å². The molecule has 0 aliphatic carbocycles. The molecule has 4 heteroatoms. The van der Waals surface area contributed by atoms with Gasteiger partial charge in [0.25, 0.3) is 0 Å². The van der Waals surface area contributed by atoms with Crippen molar-refractivity contribution in [3.63, 3.8) is 0 Å². The highest BCUT2D eigenvalue weighted by Crippen LogP contribution is 2.15. The molecular weight excluding hydrogens is 158 g/mol. The Kier molecular flexibility index (Phi) is 3.08. The molecule has 68 valence electrons. The van der Waals surface area contributed by atoms with Gasteiger partial charge in [-0.05, 0) is 18.8 Å². The molecule has 1 aliphatic rings. The van der Waals surface area contributed by atoms with Gasteiger partial charge in [-0.25, -0.2) is 0 Å². The second kappa shape index (κ2) is 4.09. The molecule has 0 saturated carbocycles. The van der Waals surface area contributed by atoms with E-state index in [9.17, 15) is 9.59 Å². The predicted octanol–water partition coefficient (Wildman–Crippen LogP) is 0.377. The Hall–Kier alpha value is -1.06. The lowest BCUT2D eigenvalue weighted by atomic mass is 9.94. The third-order valence-corrected chi connectivity index (χ3v) is 2.13. The minimum absolute atomic E-state index is 0.0848. The zero-order chi connectivity index (χ0) is 8.97. The minimum atomic E-state index is -0.757. The summed E-state index contributed by atoms with van der Waals surface area (Å²) in [5.41, 5.74) is 0. The van der Waals surface area contributed by atoms with Crippen molar-refractivity contribution in [1.82, 2.24) is 5.32 Å². The number of hydrogen-bond donors (Lipinski definition) is 2. The molecule has 1 fully saturated rings. The second-order valence-electron chi connectivity index (χ2n) is 3.14. The van der Waals surface area contributed by atoms with Gasteiger partial charge < -0.3 is 10.4 Å². The molecule has 1 saturated heterocycles.